The standard InChI is InChI=1S/C10H18O4/c1-6(13)7-2-8(4-11)9(3-7)10(14)5-12/h7-12,14H,2-5H2,1H3. The third-order valence-corrected chi connectivity index (χ3v) is 3.24. The molecule has 4 unspecified atom stereocenters. The summed E-state index contributed by atoms with van der Waals surface area (Å²) in [5.41, 5.74) is 0. The Hall–Kier alpha value is -0.450. The lowest BCUT2D eigenvalue weighted by Crippen LogP contribution is -2.28. The van der Waals surface area contributed by atoms with Crippen LogP contribution in [0.25, 0.3) is 0 Å². The highest BCUT2D eigenvalue weighted by atomic mass is 16.3. The van der Waals surface area contributed by atoms with Crippen LogP contribution in [-0.4, -0.2) is 40.4 Å². The van der Waals surface area contributed by atoms with Crippen molar-refractivity contribution in [3.05, 3.63) is 0 Å². The fraction of sp³-hybridized carbons (Fsp3) is 0.900. The van der Waals surface area contributed by atoms with E-state index in [2.05, 4.69) is 0 Å². The van der Waals surface area contributed by atoms with Crippen molar-refractivity contribution in [2.75, 3.05) is 13.2 Å². The lowest BCUT2D eigenvalue weighted by Gasteiger charge is -2.21. The molecule has 0 aromatic carbocycles. The van der Waals surface area contributed by atoms with Gasteiger partial charge in [-0.2, -0.15) is 0 Å². The van der Waals surface area contributed by atoms with Gasteiger partial charge in [-0.25, -0.2) is 0 Å². The van der Waals surface area contributed by atoms with Gasteiger partial charge in [-0.05, 0) is 31.6 Å². The van der Waals surface area contributed by atoms with Gasteiger partial charge in [-0.1, -0.05) is 0 Å². The molecule has 0 spiro atoms. The quantitative estimate of drug-likeness (QED) is 0.577. The summed E-state index contributed by atoms with van der Waals surface area (Å²) in [6.45, 7) is 1.21. The number of rotatable bonds is 4. The highest BCUT2D eigenvalue weighted by molar-refractivity contribution is 5.78. The van der Waals surface area contributed by atoms with E-state index in [1.54, 1.807) is 0 Å². The minimum Gasteiger partial charge on any atom is -0.396 e. The van der Waals surface area contributed by atoms with Crippen LogP contribution in [0.1, 0.15) is 19.8 Å². The highest BCUT2D eigenvalue weighted by Gasteiger charge is 2.39. The van der Waals surface area contributed by atoms with Crippen LogP contribution in [0.4, 0.5) is 0 Å². The van der Waals surface area contributed by atoms with E-state index in [0.29, 0.717) is 12.8 Å². The average molecular weight is 202 g/mol. The Bertz CT molecular complexity index is 204. The van der Waals surface area contributed by atoms with E-state index in [-0.39, 0.29) is 36.8 Å². The second-order valence-corrected chi connectivity index (χ2v) is 4.14. The van der Waals surface area contributed by atoms with Crippen molar-refractivity contribution >= 4 is 5.78 Å². The molecule has 1 rings (SSSR count). The third kappa shape index (κ3) is 2.32. The first-order valence-corrected chi connectivity index (χ1v) is 5.00. The maximum Gasteiger partial charge on any atom is 0.132 e. The lowest BCUT2D eigenvalue weighted by molar-refractivity contribution is -0.120. The molecule has 4 atom stereocenters. The van der Waals surface area contributed by atoms with Gasteiger partial charge < -0.3 is 15.3 Å². The van der Waals surface area contributed by atoms with E-state index in [1.165, 1.54) is 6.92 Å². The Kier molecular flexibility index (Phi) is 4.04. The Morgan fingerprint density at radius 3 is 2.50 bits per heavy atom. The van der Waals surface area contributed by atoms with Crippen molar-refractivity contribution in [2.24, 2.45) is 17.8 Å². The number of Topliss-reactive ketones (excluding diaryl/α,β-unsaturated/α-hetero) is 1. The molecule has 1 saturated carbocycles. The van der Waals surface area contributed by atoms with Gasteiger partial charge in [0.05, 0.1) is 12.7 Å². The topological polar surface area (TPSA) is 77.8 Å². The van der Waals surface area contributed by atoms with Gasteiger partial charge in [0.25, 0.3) is 0 Å². The van der Waals surface area contributed by atoms with Crippen molar-refractivity contribution in [1.82, 2.24) is 0 Å². The molecule has 1 fully saturated rings. The molecule has 0 saturated heterocycles. The number of aliphatic hydroxyl groups excluding tert-OH is 3. The molecule has 1 aliphatic carbocycles. The van der Waals surface area contributed by atoms with Crippen LogP contribution in [0, 0.1) is 17.8 Å². The van der Waals surface area contributed by atoms with Crippen LogP contribution in [-0.2, 0) is 4.79 Å². The summed E-state index contributed by atoms with van der Waals surface area (Å²) < 4.78 is 0. The maximum absolute atomic E-state index is 11.1. The molecule has 1 aliphatic rings. The fourth-order valence-electron chi connectivity index (χ4n) is 2.31. The summed E-state index contributed by atoms with van der Waals surface area (Å²) in [7, 11) is 0. The Morgan fingerprint density at radius 1 is 1.43 bits per heavy atom. The number of hydrogen-bond donors (Lipinski definition) is 3. The van der Waals surface area contributed by atoms with Crippen molar-refractivity contribution in [2.45, 2.75) is 25.9 Å². The van der Waals surface area contributed by atoms with E-state index < -0.39 is 6.10 Å². The molecule has 14 heavy (non-hydrogen) atoms. The van der Waals surface area contributed by atoms with E-state index >= 15 is 0 Å². The second-order valence-electron chi connectivity index (χ2n) is 4.14. The number of carbonyl (C=O) groups excluding carboxylic acids is 1. The molecule has 0 aromatic heterocycles. The predicted octanol–water partition coefficient (Wildman–Crippen LogP) is -0.437. The van der Waals surface area contributed by atoms with Gasteiger partial charge in [0.2, 0.25) is 0 Å². The molecular formula is C10H18O4. The molecule has 0 aliphatic heterocycles. The van der Waals surface area contributed by atoms with Crippen LogP contribution in [0.15, 0.2) is 0 Å². The SMILES string of the molecule is CC(=O)C1CC(CO)C(C(O)CO)C1. The predicted molar refractivity (Wildman–Crippen MR) is 50.6 cm³/mol. The van der Waals surface area contributed by atoms with Crippen molar-refractivity contribution in [3.63, 3.8) is 0 Å². The molecule has 0 heterocycles. The highest BCUT2D eigenvalue weighted by Crippen LogP contribution is 2.38. The number of aliphatic hydroxyl groups is 3. The second kappa shape index (κ2) is 4.87. The average Bonchev–Trinajstić information content (AvgIpc) is 2.60. The molecule has 4 nitrogen and oxygen atoms in total. The minimum absolute atomic E-state index is 0.0223. The third-order valence-electron chi connectivity index (χ3n) is 3.24. The van der Waals surface area contributed by atoms with Crippen molar-refractivity contribution in [1.29, 1.82) is 0 Å². The molecule has 0 radical (unpaired) electrons. The molecule has 0 bridgehead atoms. The zero-order valence-electron chi connectivity index (χ0n) is 8.39. The summed E-state index contributed by atoms with van der Waals surface area (Å²) in [6, 6.07) is 0. The smallest absolute Gasteiger partial charge is 0.132 e. The van der Waals surface area contributed by atoms with Crippen LogP contribution >= 0.6 is 0 Å². The van der Waals surface area contributed by atoms with E-state index in [9.17, 15) is 9.90 Å². The molecule has 3 N–H and O–H groups in total. The molecule has 82 valence electrons. The fourth-order valence-corrected chi connectivity index (χ4v) is 2.31. The zero-order chi connectivity index (χ0) is 10.7. The van der Waals surface area contributed by atoms with Gasteiger partial charge >= 0.3 is 0 Å². The Balaban J connectivity index is 2.62. The zero-order valence-corrected chi connectivity index (χ0v) is 8.39. The van der Waals surface area contributed by atoms with Crippen LogP contribution in [0.2, 0.25) is 0 Å². The van der Waals surface area contributed by atoms with Crippen LogP contribution < -0.4 is 0 Å². The summed E-state index contributed by atoms with van der Waals surface area (Å²) in [6.07, 6.45) is 0.409. The Labute approximate surface area is 83.6 Å². The van der Waals surface area contributed by atoms with Gasteiger partial charge in [0.15, 0.2) is 0 Å². The molecule has 0 amide bonds. The van der Waals surface area contributed by atoms with E-state index in [1.807, 2.05) is 0 Å². The first-order chi connectivity index (χ1) is 6.60. The normalized spacial score (nSPS) is 34.4. The van der Waals surface area contributed by atoms with Crippen molar-refractivity contribution < 1.29 is 20.1 Å². The largest absolute Gasteiger partial charge is 0.396 e. The number of ketones is 1. The van der Waals surface area contributed by atoms with Crippen LogP contribution in [0.5, 0.6) is 0 Å². The monoisotopic (exact) mass is 202 g/mol. The van der Waals surface area contributed by atoms with Crippen molar-refractivity contribution in [3.8, 4) is 0 Å². The van der Waals surface area contributed by atoms with Gasteiger partial charge in [0.1, 0.15) is 5.78 Å². The van der Waals surface area contributed by atoms with Gasteiger partial charge in [-0.15, -0.1) is 0 Å². The summed E-state index contributed by atoms with van der Waals surface area (Å²) in [5, 5.41) is 27.4. The Morgan fingerprint density at radius 2 is 2.07 bits per heavy atom. The van der Waals surface area contributed by atoms with Gasteiger partial charge in [0, 0.05) is 12.5 Å². The number of hydrogen-bond acceptors (Lipinski definition) is 4. The molecule has 0 aromatic rings. The first-order valence-electron chi connectivity index (χ1n) is 5.00. The number of carbonyl (C=O) groups is 1. The van der Waals surface area contributed by atoms with E-state index in [4.69, 9.17) is 10.2 Å². The van der Waals surface area contributed by atoms with E-state index in [0.717, 1.165) is 0 Å². The summed E-state index contributed by atoms with van der Waals surface area (Å²) in [4.78, 5) is 11.1. The maximum atomic E-state index is 11.1. The first kappa shape index (κ1) is 11.6. The molecule has 4 heteroatoms. The lowest BCUT2D eigenvalue weighted by atomic mass is 9.92. The summed E-state index contributed by atoms with van der Waals surface area (Å²) >= 11 is 0. The summed E-state index contributed by atoms with van der Waals surface area (Å²) in [5.74, 6) is -0.139. The van der Waals surface area contributed by atoms with Crippen LogP contribution in [0.3, 0.4) is 0 Å². The van der Waals surface area contributed by atoms with Gasteiger partial charge in [-0.3, -0.25) is 4.79 Å². The molecular weight excluding hydrogens is 184 g/mol. The minimum atomic E-state index is -0.809.